The average Bonchev–Trinajstić information content (AvgIpc) is 2.22. The van der Waals surface area contributed by atoms with E-state index in [9.17, 15) is 0 Å². The van der Waals surface area contributed by atoms with Crippen LogP contribution in [0.25, 0.3) is 0 Å². The van der Waals surface area contributed by atoms with E-state index in [-0.39, 0.29) is 0 Å². The fourth-order valence-electron chi connectivity index (χ4n) is 2.11. The zero-order chi connectivity index (χ0) is 13.0. The molecule has 0 amide bonds. The molecule has 0 fully saturated rings. The molecule has 0 atom stereocenters. The highest BCUT2D eigenvalue weighted by atomic mass is 79.9. The van der Waals surface area contributed by atoms with Crippen LogP contribution in [0.2, 0.25) is 0 Å². The molecule has 1 rings (SSSR count). The van der Waals surface area contributed by atoms with Crippen LogP contribution in [0.3, 0.4) is 0 Å². The van der Waals surface area contributed by atoms with E-state index in [1.807, 2.05) is 19.1 Å². The predicted molar refractivity (Wildman–Crippen MR) is 78.3 cm³/mol. The molecule has 0 aliphatic rings. The van der Waals surface area contributed by atoms with Gasteiger partial charge in [-0.25, -0.2) is 4.98 Å². The Morgan fingerprint density at radius 1 is 1.18 bits per heavy atom. The van der Waals surface area contributed by atoms with Gasteiger partial charge in [-0.1, -0.05) is 27.7 Å². The number of nitrogens with one attached hydrogen (secondary N) is 1. The zero-order valence-corrected chi connectivity index (χ0v) is 13.0. The monoisotopic (exact) mass is 298 g/mol. The van der Waals surface area contributed by atoms with Gasteiger partial charge in [0.25, 0.3) is 0 Å². The molecule has 2 nitrogen and oxygen atoms in total. The Morgan fingerprint density at radius 3 is 2.24 bits per heavy atom. The number of pyridine rings is 1. The third kappa shape index (κ3) is 4.30. The number of hydrogen-bond acceptors (Lipinski definition) is 2. The summed E-state index contributed by atoms with van der Waals surface area (Å²) in [6.07, 6.45) is 0. The second-order valence-electron chi connectivity index (χ2n) is 5.30. The second-order valence-corrected chi connectivity index (χ2v) is 6.15. The van der Waals surface area contributed by atoms with E-state index in [2.05, 4.69) is 53.9 Å². The number of aryl methyl sites for hydroxylation is 1. The van der Waals surface area contributed by atoms with Crippen LogP contribution >= 0.6 is 15.9 Å². The molecule has 3 heteroatoms. The summed E-state index contributed by atoms with van der Waals surface area (Å²) in [4.78, 5) is 4.51. The summed E-state index contributed by atoms with van der Waals surface area (Å²) < 4.78 is 1.06. The summed E-state index contributed by atoms with van der Waals surface area (Å²) >= 11 is 3.47. The molecule has 1 aromatic rings. The molecule has 96 valence electrons. The molecule has 0 spiro atoms. The van der Waals surface area contributed by atoms with E-state index in [1.54, 1.807) is 0 Å². The maximum atomic E-state index is 4.51. The smallest absolute Gasteiger partial charge is 0.126 e. The van der Waals surface area contributed by atoms with Crippen molar-refractivity contribution in [2.75, 3.05) is 11.9 Å². The number of nitrogens with zero attached hydrogens (tertiary/aromatic N) is 1. The van der Waals surface area contributed by atoms with Gasteiger partial charge < -0.3 is 5.32 Å². The third-order valence-corrected chi connectivity index (χ3v) is 4.09. The quantitative estimate of drug-likeness (QED) is 0.866. The van der Waals surface area contributed by atoms with Gasteiger partial charge in [-0.2, -0.15) is 0 Å². The molecular weight excluding hydrogens is 276 g/mol. The van der Waals surface area contributed by atoms with Gasteiger partial charge in [0.1, 0.15) is 5.82 Å². The Kier molecular flexibility index (Phi) is 5.44. The highest BCUT2D eigenvalue weighted by Crippen LogP contribution is 2.22. The van der Waals surface area contributed by atoms with Crippen LogP contribution in [-0.2, 0) is 0 Å². The molecule has 1 aromatic heterocycles. The molecule has 0 saturated carbocycles. The first-order chi connectivity index (χ1) is 7.91. The van der Waals surface area contributed by atoms with Crippen LogP contribution in [0.1, 0.15) is 33.4 Å². The molecule has 1 N–H and O–H groups in total. The van der Waals surface area contributed by atoms with Gasteiger partial charge in [0.05, 0.1) is 5.69 Å². The Morgan fingerprint density at radius 2 is 1.76 bits per heavy atom. The largest absolute Gasteiger partial charge is 0.370 e. The molecule has 0 unspecified atom stereocenters. The maximum absolute atomic E-state index is 4.51. The Bertz CT molecular complexity index is 353. The standard InChI is InChI=1S/C14H23BrN2/c1-9(2)12(10(3)4)8-16-14-7-6-13(15)11(5)17-14/h6-7,9-10,12H,8H2,1-5H3,(H,16,17). The molecule has 0 aromatic carbocycles. The van der Waals surface area contributed by atoms with E-state index in [4.69, 9.17) is 0 Å². The molecule has 0 saturated heterocycles. The third-order valence-electron chi connectivity index (χ3n) is 3.25. The van der Waals surface area contributed by atoms with E-state index >= 15 is 0 Å². The second kappa shape index (κ2) is 6.39. The van der Waals surface area contributed by atoms with Crippen molar-refractivity contribution in [1.82, 2.24) is 4.98 Å². The maximum Gasteiger partial charge on any atom is 0.126 e. The van der Waals surface area contributed by atoms with Crippen molar-refractivity contribution >= 4 is 21.7 Å². The number of halogens is 1. The topological polar surface area (TPSA) is 24.9 Å². The average molecular weight is 299 g/mol. The normalized spacial score (nSPS) is 11.6. The fourth-order valence-corrected chi connectivity index (χ4v) is 2.33. The molecule has 0 bridgehead atoms. The van der Waals surface area contributed by atoms with Gasteiger partial charge in [-0.05, 0) is 52.7 Å². The van der Waals surface area contributed by atoms with E-state index in [0.29, 0.717) is 17.8 Å². The van der Waals surface area contributed by atoms with Crippen LogP contribution in [0.5, 0.6) is 0 Å². The van der Waals surface area contributed by atoms with Crippen molar-refractivity contribution < 1.29 is 0 Å². The van der Waals surface area contributed by atoms with E-state index in [0.717, 1.165) is 22.5 Å². The zero-order valence-electron chi connectivity index (χ0n) is 11.4. The first kappa shape index (κ1) is 14.5. The minimum Gasteiger partial charge on any atom is -0.370 e. The number of hydrogen-bond donors (Lipinski definition) is 1. The van der Waals surface area contributed by atoms with Gasteiger partial charge in [0.2, 0.25) is 0 Å². The molecule has 0 radical (unpaired) electrons. The lowest BCUT2D eigenvalue weighted by molar-refractivity contribution is 0.304. The van der Waals surface area contributed by atoms with Crippen molar-refractivity contribution in [3.63, 3.8) is 0 Å². The summed E-state index contributed by atoms with van der Waals surface area (Å²) in [5.41, 5.74) is 1.03. The summed E-state index contributed by atoms with van der Waals surface area (Å²) in [6, 6.07) is 4.07. The van der Waals surface area contributed by atoms with Crippen LogP contribution in [0.15, 0.2) is 16.6 Å². The Balaban J connectivity index is 2.62. The SMILES string of the molecule is Cc1nc(NCC(C(C)C)C(C)C)ccc1Br. The number of rotatable bonds is 5. The first-order valence-electron chi connectivity index (χ1n) is 6.28. The number of anilines is 1. The summed E-state index contributed by atoms with van der Waals surface area (Å²) in [6.45, 7) is 12.1. The van der Waals surface area contributed by atoms with E-state index < -0.39 is 0 Å². The van der Waals surface area contributed by atoms with Gasteiger partial charge in [0.15, 0.2) is 0 Å². The molecule has 0 aliphatic carbocycles. The molecule has 1 heterocycles. The van der Waals surface area contributed by atoms with Gasteiger partial charge in [-0.3, -0.25) is 0 Å². The highest BCUT2D eigenvalue weighted by molar-refractivity contribution is 9.10. The summed E-state index contributed by atoms with van der Waals surface area (Å²) in [7, 11) is 0. The van der Waals surface area contributed by atoms with Crippen molar-refractivity contribution in [2.45, 2.75) is 34.6 Å². The van der Waals surface area contributed by atoms with Crippen LogP contribution in [0.4, 0.5) is 5.82 Å². The first-order valence-corrected chi connectivity index (χ1v) is 7.08. The van der Waals surface area contributed by atoms with Gasteiger partial charge in [-0.15, -0.1) is 0 Å². The lowest BCUT2D eigenvalue weighted by Gasteiger charge is -2.25. The minimum atomic E-state index is 0.681. The molecule has 0 aliphatic heterocycles. The fraction of sp³-hybridized carbons (Fsp3) is 0.643. The molecule has 17 heavy (non-hydrogen) atoms. The predicted octanol–water partition coefficient (Wildman–Crippen LogP) is 4.49. The highest BCUT2D eigenvalue weighted by Gasteiger charge is 2.17. The Hall–Kier alpha value is -0.570. The van der Waals surface area contributed by atoms with Gasteiger partial charge >= 0.3 is 0 Å². The van der Waals surface area contributed by atoms with E-state index in [1.165, 1.54) is 0 Å². The lowest BCUT2D eigenvalue weighted by Crippen LogP contribution is -2.24. The lowest BCUT2D eigenvalue weighted by atomic mass is 9.85. The van der Waals surface area contributed by atoms with Crippen molar-refractivity contribution in [1.29, 1.82) is 0 Å². The minimum absolute atomic E-state index is 0.681. The van der Waals surface area contributed by atoms with Crippen molar-refractivity contribution in [2.24, 2.45) is 17.8 Å². The molecular formula is C14H23BrN2. The van der Waals surface area contributed by atoms with Crippen LogP contribution < -0.4 is 5.32 Å². The summed E-state index contributed by atoms with van der Waals surface area (Å²) in [5, 5.41) is 3.44. The van der Waals surface area contributed by atoms with Crippen molar-refractivity contribution in [3.05, 3.63) is 22.3 Å². The number of aromatic nitrogens is 1. The summed E-state index contributed by atoms with van der Waals surface area (Å²) in [5.74, 6) is 3.04. The van der Waals surface area contributed by atoms with Crippen LogP contribution in [0, 0.1) is 24.7 Å². The van der Waals surface area contributed by atoms with Crippen molar-refractivity contribution in [3.8, 4) is 0 Å². The van der Waals surface area contributed by atoms with Crippen LogP contribution in [-0.4, -0.2) is 11.5 Å². The Labute approximate surface area is 113 Å². The van der Waals surface area contributed by atoms with Gasteiger partial charge in [0, 0.05) is 11.0 Å².